The van der Waals surface area contributed by atoms with Gasteiger partial charge in [-0.15, -0.1) is 0 Å². The first kappa shape index (κ1) is 24.1. The van der Waals surface area contributed by atoms with Crippen molar-refractivity contribution < 1.29 is 35.6 Å². The average molecular weight is 451 g/mol. The van der Waals surface area contributed by atoms with E-state index >= 15 is 0 Å². The molecule has 0 bridgehead atoms. The number of nitrogens with two attached hydrogens (primary N) is 1. The molecule has 1 amide bonds. The maximum atomic E-state index is 13.1. The zero-order valence-electron chi connectivity index (χ0n) is 17.0. The first-order chi connectivity index (χ1) is 13.7. The van der Waals surface area contributed by atoms with Gasteiger partial charge in [0.2, 0.25) is 5.84 Å². The van der Waals surface area contributed by atoms with Crippen LogP contribution in [0.15, 0.2) is 41.3 Å². The van der Waals surface area contributed by atoms with E-state index in [1.807, 2.05) is 18.4 Å². The van der Waals surface area contributed by atoms with Crippen molar-refractivity contribution in [1.82, 2.24) is 4.31 Å². The Morgan fingerprint density at radius 3 is 2.50 bits per heavy atom. The van der Waals surface area contributed by atoms with Gasteiger partial charge in [0.05, 0.1) is 19.3 Å². The third-order valence-corrected chi connectivity index (χ3v) is 5.99. The van der Waals surface area contributed by atoms with Crippen LogP contribution < -0.4 is 5.73 Å². The number of nitrogens with zero attached hydrogens (tertiary/aromatic N) is 3. The van der Waals surface area contributed by atoms with E-state index in [0.717, 1.165) is 5.70 Å². The van der Waals surface area contributed by atoms with Gasteiger partial charge in [-0.05, 0) is 45.8 Å². The molecule has 2 aliphatic rings. The molecule has 30 heavy (non-hydrogen) atoms. The van der Waals surface area contributed by atoms with Crippen molar-refractivity contribution in [2.75, 3.05) is 19.6 Å². The van der Waals surface area contributed by atoms with E-state index in [0.29, 0.717) is 18.8 Å². The molecule has 0 fully saturated rings. The first-order valence-corrected chi connectivity index (χ1v) is 10.7. The van der Waals surface area contributed by atoms with E-state index in [-0.39, 0.29) is 21.8 Å². The highest BCUT2D eigenvalue weighted by molar-refractivity contribution is 7.90. The van der Waals surface area contributed by atoms with Crippen molar-refractivity contribution in [2.24, 2.45) is 10.7 Å². The Hall–Kier alpha value is -2.18. The normalized spacial score (nSPS) is 21.2. The first-order valence-electron chi connectivity index (χ1n) is 9.28. The fraction of sp³-hybridized carbons (Fsp3) is 0.556. The highest BCUT2D eigenvalue weighted by Crippen LogP contribution is 2.31. The fourth-order valence-electron chi connectivity index (χ4n) is 3.13. The van der Waals surface area contributed by atoms with Gasteiger partial charge >= 0.3 is 21.6 Å². The molecule has 0 radical (unpaired) electrons. The van der Waals surface area contributed by atoms with Crippen LogP contribution in [0.25, 0.3) is 0 Å². The van der Waals surface area contributed by atoms with Crippen LogP contribution in [0.1, 0.15) is 33.6 Å². The lowest BCUT2D eigenvalue weighted by molar-refractivity contribution is -0.744. The van der Waals surface area contributed by atoms with Gasteiger partial charge in [-0.1, -0.05) is 0 Å². The third kappa shape index (κ3) is 4.93. The second-order valence-corrected chi connectivity index (χ2v) is 9.66. The monoisotopic (exact) mass is 451 g/mol. The van der Waals surface area contributed by atoms with Crippen molar-refractivity contribution in [3.8, 4) is 0 Å². The summed E-state index contributed by atoms with van der Waals surface area (Å²) >= 11 is 0. The lowest BCUT2D eigenvalue weighted by atomic mass is 10.1. The number of fused-ring (bicyclic) bond motifs is 1. The number of alkyl halides is 3. The Bertz CT molecular complexity index is 901. The number of carbonyl (C=O) groups excluding carboxylic acids is 1. The van der Waals surface area contributed by atoms with E-state index in [9.17, 15) is 26.4 Å². The number of amides is 1. The van der Waals surface area contributed by atoms with Crippen LogP contribution in [0, 0.1) is 0 Å². The molecule has 2 N–H and O–H groups in total. The number of quaternary nitrogens is 1. The molecular formula is C18H26F3N4O4S+. The number of aliphatic imine (C=N–C) groups is 1. The zero-order chi connectivity index (χ0) is 22.8. The van der Waals surface area contributed by atoms with E-state index in [1.165, 1.54) is 20.8 Å². The molecule has 0 aromatic rings. The van der Waals surface area contributed by atoms with E-state index in [1.54, 1.807) is 12.3 Å². The summed E-state index contributed by atoms with van der Waals surface area (Å²) < 4.78 is 67.8. The number of sulfonamides is 1. The lowest BCUT2D eigenvalue weighted by Crippen LogP contribution is -2.49. The highest BCUT2D eigenvalue weighted by atomic mass is 32.2. The van der Waals surface area contributed by atoms with Crippen molar-refractivity contribution in [3.05, 3.63) is 36.3 Å². The van der Waals surface area contributed by atoms with Crippen molar-refractivity contribution in [1.29, 1.82) is 0 Å². The molecule has 12 heteroatoms. The molecule has 0 saturated carbocycles. The fourth-order valence-corrected chi connectivity index (χ4v) is 3.98. The molecule has 1 unspecified atom stereocenters. The minimum absolute atomic E-state index is 0.00274. The molecule has 0 aromatic carbocycles. The van der Waals surface area contributed by atoms with Crippen LogP contribution in [0.4, 0.5) is 18.0 Å². The number of hydrogen-bond acceptors (Lipinski definition) is 6. The minimum atomic E-state index is -5.88. The molecule has 0 aromatic heterocycles. The van der Waals surface area contributed by atoms with Gasteiger partial charge in [0.1, 0.15) is 17.5 Å². The van der Waals surface area contributed by atoms with Gasteiger partial charge in [0, 0.05) is 12.6 Å². The molecule has 2 aliphatic heterocycles. The molecule has 1 atom stereocenters. The maximum Gasteiger partial charge on any atom is 0.516 e. The summed E-state index contributed by atoms with van der Waals surface area (Å²) in [4.78, 5) is 16.5. The summed E-state index contributed by atoms with van der Waals surface area (Å²) in [6.45, 7) is 4.29. The average Bonchev–Trinajstić information content (AvgIpc) is 3.02. The van der Waals surface area contributed by atoms with Crippen LogP contribution >= 0.6 is 0 Å². The van der Waals surface area contributed by atoms with Crippen molar-refractivity contribution in [2.45, 2.75) is 44.7 Å². The summed E-state index contributed by atoms with van der Waals surface area (Å²) in [5.74, 6) is 0.713. The summed E-state index contributed by atoms with van der Waals surface area (Å²) in [6.07, 6.45) is 7.64. The van der Waals surface area contributed by atoms with Gasteiger partial charge in [-0.3, -0.25) is 0 Å². The second kappa shape index (κ2) is 8.52. The molecule has 2 heterocycles. The van der Waals surface area contributed by atoms with Gasteiger partial charge in [0.15, 0.2) is 0 Å². The highest BCUT2D eigenvalue weighted by Gasteiger charge is 2.52. The zero-order valence-corrected chi connectivity index (χ0v) is 17.8. The number of hydrogen-bond donors (Lipinski definition) is 1. The van der Waals surface area contributed by atoms with Crippen LogP contribution in [-0.2, 0) is 14.8 Å². The molecule has 0 saturated heterocycles. The Morgan fingerprint density at radius 1 is 1.27 bits per heavy atom. The van der Waals surface area contributed by atoms with Crippen LogP contribution in [0.3, 0.4) is 0 Å². The standard InChI is InChI=1S/C18H26F3N4O4S/c1-17(2,3)29-16(26)24(30(27,28)18(19,20)21)10-4-5-11-25-12-9-23-15(25)8-6-7-14(25)13-22/h6-9,12H,4-5,10-11,13,22H2,1-3H3/q+1. The number of amidine groups is 1. The van der Waals surface area contributed by atoms with Gasteiger partial charge in [-0.2, -0.15) is 30.9 Å². The number of ether oxygens (including phenoxy) is 1. The van der Waals surface area contributed by atoms with Crippen molar-refractivity contribution in [3.63, 3.8) is 0 Å². The molecule has 8 nitrogen and oxygen atoms in total. The van der Waals surface area contributed by atoms with Crippen LogP contribution in [-0.4, -0.2) is 59.9 Å². The van der Waals surface area contributed by atoms with Gasteiger partial charge in [0.25, 0.3) is 0 Å². The third-order valence-electron chi connectivity index (χ3n) is 4.49. The smallest absolute Gasteiger partial charge is 0.443 e. The van der Waals surface area contributed by atoms with E-state index in [4.69, 9.17) is 10.5 Å². The second-order valence-electron chi connectivity index (χ2n) is 7.81. The summed E-state index contributed by atoms with van der Waals surface area (Å²) in [7, 11) is -5.88. The Balaban J connectivity index is 2.12. The maximum absolute atomic E-state index is 13.1. The Morgan fingerprint density at radius 2 is 1.93 bits per heavy atom. The van der Waals surface area contributed by atoms with E-state index < -0.39 is 33.8 Å². The molecule has 168 valence electrons. The molecule has 0 aliphatic carbocycles. The SMILES string of the molecule is CC(C)(C)OC(=O)N(CCCC[N+]12C=CN=C1C=CC=C2CN)S(=O)(=O)C(F)(F)F. The number of allylic oxidation sites excluding steroid dienone is 2. The van der Waals surface area contributed by atoms with Crippen LogP contribution in [0.5, 0.6) is 0 Å². The Labute approximate surface area is 173 Å². The summed E-state index contributed by atoms with van der Waals surface area (Å²) in [6, 6.07) is 0. The number of halogens is 3. The minimum Gasteiger partial charge on any atom is -0.443 e. The predicted molar refractivity (Wildman–Crippen MR) is 105 cm³/mol. The largest absolute Gasteiger partial charge is 0.516 e. The lowest BCUT2D eigenvalue weighted by Gasteiger charge is -2.34. The number of carbonyl (C=O) groups is 1. The molecule has 0 spiro atoms. The summed E-state index contributed by atoms with van der Waals surface area (Å²) in [5, 5.41) is 0. The van der Waals surface area contributed by atoms with E-state index in [2.05, 4.69) is 4.99 Å². The van der Waals surface area contributed by atoms with Crippen LogP contribution in [0.2, 0.25) is 0 Å². The molecular weight excluding hydrogens is 425 g/mol. The topological polar surface area (TPSA) is 102 Å². The molecule has 2 rings (SSSR count). The van der Waals surface area contributed by atoms with Crippen molar-refractivity contribution >= 4 is 22.0 Å². The van der Waals surface area contributed by atoms with Gasteiger partial charge in [-0.25, -0.2) is 9.28 Å². The number of rotatable bonds is 7. The summed E-state index contributed by atoms with van der Waals surface area (Å²) in [5.41, 5.74) is -0.102. The van der Waals surface area contributed by atoms with Gasteiger partial charge < -0.3 is 10.5 Å². The quantitative estimate of drug-likeness (QED) is 0.474. The predicted octanol–water partition coefficient (Wildman–Crippen LogP) is 2.97. The number of unbranched alkanes of at least 4 members (excludes halogenated alkanes) is 1. The Kier molecular flexibility index (Phi) is 6.84.